The monoisotopic (exact) mass is 266 g/mol. The smallest absolute Gasteiger partial charge is 0.251 e. The molecule has 1 aromatic rings. The maximum atomic E-state index is 12.0. The van der Waals surface area contributed by atoms with E-state index in [1.54, 1.807) is 37.4 Å². The van der Waals surface area contributed by atoms with Crippen LogP contribution in [0.15, 0.2) is 0 Å². The molecule has 2 rings (SSSR count). The average Bonchev–Trinajstić information content (AvgIpc) is 2.58. The molecule has 104 valence electrons. The number of aromatic nitrogens is 2. The van der Waals surface area contributed by atoms with Gasteiger partial charge in [0.2, 0.25) is 5.91 Å². The summed E-state index contributed by atoms with van der Waals surface area (Å²) in [6.45, 7) is 5.13. The topological polar surface area (TPSA) is 87.5 Å². The van der Waals surface area contributed by atoms with Crippen molar-refractivity contribution in [2.75, 3.05) is 11.4 Å². The molecular formula is C12H18N4O3. The van der Waals surface area contributed by atoms with E-state index in [2.05, 4.69) is 10.4 Å². The van der Waals surface area contributed by atoms with Gasteiger partial charge in [-0.3, -0.25) is 19.6 Å². The van der Waals surface area contributed by atoms with Crippen LogP contribution >= 0.6 is 0 Å². The summed E-state index contributed by atoms with van der Waals surface area (Å²) in [6.07, 6.45) is 0. The highest BCUT2D eigenvalue weighted by atomic mass is 16.3. The molecule has 2 N–H and O–H groups in total. The zero-order chi connectivity index (χ0) is 14.4. The molecule has 0 atom stereocenters. The number of hydrogen-bond acceptors (Lipinski definition) is 5. The van der Waals surface area contributed by atoms with E-state index in [1.807, 2.05) is 0 Å². The number of carbonyl (C=O) groups is 2. The third kappa shape index (κ3) is 1.99. The third-order valence-corrected chi connectivity index (χ3v) is 3.51. The number of piperazine rings is 1. The van der Waals surface area contributed by atoms with Gasteiger partial charge in [-0.05, 0) is 20.8 Å². The van der Waals surface area contributed by atoms with Crippen molar-refractivity contribution in [3.8, 4) is 0 Å². The third-order valence-electron chi connectivity index (χ3n) is 3.51. The van der Waals surface area contributed by atoms with Gasteiger partial charge in [0.25, 0.3) is 5.91 Å². The van der Waals surface area contributed by atoms with Gasteiger partial charge in [0.15, 0.2) is 0 Å². The Morgan fingerprint density at radius 3 is 2.63 bits per heavy atom. The zero-order valence-electron chi connectivity index (χ0n) is 11.5. The number of imide groups is 1. The number of carbonyl (C=O) groups excluding carboxylic acids is 2. The maximum Gasteiger partial charge on any atom is 0.251 e. The SMILES string of the molecule is Cc1nn(C)c(N2CC(=O)NC(=O)C2(C)C)c1CO. The first-order valence-electron chi connectivity index (χ1n) is 6.04. The summed E-state index contributed by atoms with van der Waals surface area (Å²) >= 11 is 0. The molecule has 0 unspecified atom stereocenters. The van der Waals surface area contributed by atoms with Crippen molar-refractivity contribution >= 4 is 17.6 Å². The van der Waals surface area contributed by atoms with Crippen LogP contribution in [-0.2, 0) is 23.2 Å². The van der Waals surface area contributed by atoms with Crippen LogP contribution in [0.25, 0.3) is 0 Å². The average molecular weight is 266 g/mol. The van der Waals surface area contributed by atoms with E-state index >= 15 is 0 Å². The predicted molar refractivity (Wildman–Crippen MR) is 68.4 cm³/mol. The van der Waals surface area contributed by atoms with Crippen molar-refractivity contribution in [2.24, 2.45) is 7.05 Å². The number of hydrogen-bond donors (Lipinski definition) is 2. The zero-order valence-corrected chi connectivity index (χ0v) is 11.5. The van der Waals surface area contributed by atoms with Crippen LogP contribution in [0.2, 0.25) is 0 Å². The largest absolute Gasteiger partial charge is 0.391 e. The molecule has 0 spiro atoms. The lowest BCUT2D eigenvalue weighted by Crippen LogP contribution is -2.64. The highest BCUT2D eigenvalue weighted by Gasteiger charge is 2.43. The molecule has 0 saturated carbocycles. The van der Waals surface area contributed by atoms with E-state index in [0.29, 0.717) is 17.1 Å². The fraction of sp³-hybridized carbons (Fsp3) is 0.583. The first-order chi connectivity index (χ1) is 8.78. The molecule has 1 aromatic heterocycles. The van der Waals surface area contributed by atoms with E-state index in [-0.39, 0.29) is 25.0 Å². The number of aliphatic hydroxyl groups is 1. The number of aliphatic hydroxyl groups excluding tert-OH is 1. The molecule has 1 saturated heterocycles. The van der Waals surface area contributed by atoms with Crippen LogP contribution in [0.5, 0.6) is 0 Å². The lowest BCUT2D eigenvalue weighted by atomic mass is 9.98. The van der Waals surface area contributed by atoms with Gasteiger partial charge >= 0.3 is 0 Å². The Bertz CT molecular complexity index is 547. The second-order valence-electron chi connectivity index (χ2n) is 5.19. The van der Waals surface area contributed by atoms with Crippen molar-refractivity contribution in [3.63, 3.8) is 0 Å². The van der Waals surface area contributed by atoms with Crippen LogP contribution < -0.4 is 10.2 Å². The van der Waals surface area contributed by atoms with Crippen LogP contribution in [-0.4, -0.2) is 38.8 Å². The van der Waals surface area contributed by atoms with Gasteiger partial charge in [0, 0.05) is 12.6 Å². The number of amides is 2. The summed E-state index contributed by atoms with van der Waals surface area (Å²) in [5.74, 6) is -0.105. The first kappa shape index (κ1) is 13.5. The molecule has 0 bridgehead atoms. The minimum Gasteiger partial charge on any atom is -0.391 e. The fourth-order valence-corrected chi connectivity index (χ4v) is 2.34. The number of nitrogens with one attached hydrogen (secondary N) is 1. The lowest BCUT2D eigenvalue weighted by molar-refractivity contribution is -0.135. The van der Waals surface area contributed by atoms with Crippen molar-refractivity contribution < 1.29 is 14.7 Å². The molecule has 7 nitrogen and oxygen atoms in total. The van der Waals surface area contributed by atoms with Crippen LogP contribution in [0.3, 0.4) is 0 Å². The Hall–Kier alpha value is -1.89. The number of rotatable bonds is 2. The lowest BCUT2D eigenvalue weighted by Gasteiger charge is -2.41. The Morgan fingerprint density at radius 1 is 1.42 bits per heavy atom. The molecule has 1 fully saturated rings. The molecule has 2 amide bonds. The normalized spacial score (nSPS) is 18.7. The van der Waals surface area contributed by atoms with Crippen molar-refractivity contribution in [1.29, 1.82) is 0 Å². The van der Waals surface area contributed by atoms with Crippen molar-refractivity contribution in [2.45, 2.75) is 32.9 Å². The van der Waals surface area contributed by atoms with Crippen LogP contribution in [0.4, 0.5) is 5.82 Å². The molecule has 0 aliphatic carbocycles. The first-order valence-corrected chi connectivity index (χ1v) is 6.04. The summed E-state index contributed by atoms with van der Waals surface area (Å²) in [6, 6.07) is 0. The molecule has 2 heterocycles. The number of aryl methyl sites for hydroxylation is 2. The summed E-state index contributed by atoms with van der Waals surface area (Å²) in [7, 11) is 1.73. The predicted octanol–water partition coefficient (Wildman–Crippen LogP) is -0.538. The number of nitrogens with zero attached hydrogens (tertiary/aromatic N) is 3. The molecule has 1 aliphatic rings. The minimum atomic E-state index is -0.877. The molecule has 19 heavy (non-hydrogen) atoms. The second kappa shape index (κ2) is 4.34. The summed E-state index contributed by atoms with van der Waals surface area (Å²) in [5.41, 5.74) is 0.449. The number of anilines is 1. The van der Waals surface area contributed by atoms with Crippen LogP contribution in [0.1, 0.15) is 25.1 Å². The Labute approximate surface area is 111 Å². The molecular weight excluding hydrogens is 248 g/mol. The summed E-state index contributed by atoms with van der Waals surface area (Å²) < 4.78 is 1.59. The summed E-state index contributed by atoms with van der Waals surface area (Å²) in [4.78, 5) is 25.2. The highest BCUT2D eigenvalue weighted by Crippen LogP contribution is 2.30. The van der Waals surface area contributed by atoms with Gasteiger partial charge in [-0.2, -0.15) is 5.10 Å². The minimum absolute atomic E-state index is 0.0602. The fourth-order valence-electron chi connectivity index (χ4n) is 2.34. The Balaban J connectivity index is 2.56. The molecule has 7 heteroatoms. The van der Waals surface area contributed by atoms with E-state index in [9.17, 15) is 14.7 Å². The van der Waals surface area contributed by atoms with Gasteiger partial charge in [-0.15, -0.1) is 0 Å². The standard InChI is InChI=1S/C12H18N4O3/c1-7-8(6-17)10(15(4)14-7)16-5-9(18)13-11(19)12(16,2)3/h17H,5-6H2,1-4H3,(H,13,18,19). The Morgan fingerprint density at radius 2 is 2.05 bits per heavy atom. The van der Waals surface area contributed by atoms with Crippen molar-refractivity contribution in [3.05, 3.63) is 11.3 Å². The van der Waals surface area contributed by atoms with Crippen LogP contribution in [0, 0.1) is 6.92 Å². The maximum absolute atomic E-state index is 12.0. The second-order valence-corrected chi connectivity index (χ2v) is 5.19. The van der Waals surface area contributed by atoms with E-state index in [0.717, 1.165) is 0 Å². The summed E-state index contributed by atoms with van der Waals surface area (Å²) in [5, 5.41) is 16.0. The molecule has 0 radical (unpaired) electrons. The van der Waals surface area contributed by atoms with E-state index < -0.39 is 5.54 Å². The quantitative estimate of drug-likeness (QED) is 0.702. The van der Waals surface area contributed by atoms with Gasteiger partial charge < -0.3 is 10.0 Å². The van der Waals surface area contributed by atoms with Crippen molar-refractivity contribution in [1.82, 2.24) is 15.1 Å². The van der Waals surface area contributed by atoms with E-state index in [4.69, 9.17) is 0 Å². The van der Waals surface area contributed by atoms with E-state index in [1.165, 1.54) is 0 Å². The van der Waals surface area contributed by atoms with Gasteiger partial charge in [-0.25, -0.2) is 0 Å². The highest BCUT2D eigenvalue weighted by molar-refractivity contribution is 6.06. The molecule has 1 aliphatic heterocycles. The van der Waals surface area contributed by atoms with Gasteiger partial charge in [0.05, 0.1) is 18.8 Å². The van der Waals surface area contributed by atoms with Gasteiger partial charge in [0.1, 0.15) is 11.4 Å². The Kier molecular flexibility index (Phi) is 3.09. The van der Waals surface area contributed by atoms with Gasteiger partial charge in [-0.1, -0.05) is 0 Å². The molecule has 0 aromatic carbocycles.